The molecule has 1 amide bonds. The smallest absolute Gasteiger partial charge is 0.337 e. The van der Waals surface area contributed by atoms with Crippen molar-refractivity contribution in [3.05, 3.63) is 72.2 Å². The maximum atomic E-state index is 12.3. The van der Waals surface area contributed by atoms with E-state index in [-0.39, 0.29) is 11.6 Å². The highest BCUT2D eigenvalue weighted by molar-refractivity contribution is 6.02. The van der Waals surface area contributed by atoms with Crippen LogP contribution in [-0.2, 0) is 4.74 Å². The van der Waals surface area contributed by atoms with Crippen molar-refractivity contribution in [2.24, 2.45) is 0 Å². The van der Waals surface area contributed by atoms with Crippen LogP contribution < -0.4 is 15.5 Å². The molecule has 29 heavy (non-hydrogen) atoms. The van der Waals surface area contributed by atoms with E-state index in [0.717, 1.165) is 11.4 Å². The summed E-state index contributed by atoms with van der Waals surface area (Å²) in [6.07, 6.45) is 2.87. The van der Waals surface area contributed by atoms with Gasteiger partial charge < -0.3 is 20.3 Å². The number of aromatic nitrogens is 2. The Bertz CT molecular complexity index is 984. The topological polar surface area (TPSA) is 96.4 Å². The van der Waals surface area contributed by atoms with Crippen molar-refractivity contribution in [1.82, 2.24) is 9.97 Å². The molecule has 0 spiro atoms. The Morgan fingerprint density at radius 2 is 1.55 bits per heavy atom. The summed E-state index contributed by atoms with van der Waals surface area (Å²) in [4.78, 5) is 34.2. The number of esters is 1. The van der Waals surface area contributed by atoms with Crippen LogP contribution in [0.2, 0.25) is 0 Å². The van der Waals surface area contributed by atoms with E-state index in [9.17, 15) is 9.59 Å². The predicted octanol–water partition coefficient (Wildman–Crippen LogP) is 3.33. The third kappa shape index (κ3) is 5.07. The molecule has 0 aliphatic carbocycles. The lowest BCUT2D eigenvalue weighted by atomic mass is 10.2. The highest BCUT2D eigenvalue weighted by atomic mass is 16.5. The summed E-state index contributed by atoms with van der Waals surface area (Å²) in [5, 5.41) is 5.85. The quantitative estimate of drug-likeness (QED) is 0.622. The van der Waals surface area contributed by atoms with Crippen molar-refractivity contribution in [2.45, 2.75) is 0 Å². The minimum atomic E-state index is -0.400. The van der Waals surface area contributed by atoms with Crippen molar-refractivity contribution >= 4 is 34.8 Å². The van der Waals surface area contributed by atoms with Gasteiger partial charge >= 0.3 is 5.97 Å². The summed E-state index contributed by atoms with van der Waals surface area (Å²) >= 11 is 0. The number of carbonyl (C=O) groups excluding carboxylic acids is 2. The number of ether oxygens (including phenoxy) is 1. The zero-order chi connectivity index (χ0) is 20.8. The molecular formula is C21H21N5O3. The maximum Gasteiger partial charge on any atom is 0.337 e. The lowest BCUT2D eigenvalue weighted by Crippen LogP contribution is -2.14. The molecule has 0 bridgehead atoms. The second-order valence-corrected chi connectivity index (χ2v) is 6.38. The van der Waals surface area contributed by atoms with E-state index in [1.165, 1.54) is 19.5 Å². The molecular weight excluding hydrogens is 370 g/mol. The molecule has 0 aliphatic heterocycles. The number of rotatable bonds is 6. The van der Waals surface area contributed by atoms with Crippen LogP contribution >= 0.6 is 0 Å². The first-order chi connectivity index (χ1) is 14.0. The molecule has 0 saturated carbocycles. The van der Waals surface area contributed by atoms with E-state index in [1.807, 2.05) is 43.3 Å². The fourth-order valence-electron chi connectivity index (χ4n) is 2.50. The number of nitrogens with zero attached hydrogens (tertiary/aromatic N) is 3. The molecule has 0 atom stereocenters. The largest absolute Gasteiger partial charge is 0.465 e. The van der Waals surface area contributed by atoms with E-state index in [1.54, 1.807) is 24.3 Å². The molecule has 8 nitrogen and oxygen atoms in total. The van der Waals surface area contributed by atoms with Gasteiger partial charge in [0.1, 0.15) is 11.5 Å². The summed E-state index contributed by atoms with van der Waals surface area (Å²) in [5.41, 5.74) is 3.10. The zero-order valence-corrected chi connectivity index (χ0v) is 16.3. The van der Waals surface area contributed by atoms with Crippen LogP contribution in [0.1, 0.15) is 20.8 Å². The first kappa shape index (κ1) is 19.8. The van der Waals surface area contributed by atoms with Gasteiger partial charge in [-0.25, -0.2) is 14.8 Å². The number of hydrogen-bond acceptors (Lipinski definition) is 7. The second kappa shape index (κ2) is 8.83. The Labute approximate surface area is 168 Å². The molecule has 0 fully saturated rings. The number of nitrogens with one attached hydrogen (secondary N) is 2. The van der Waals surface area contributed by atoms with Crippen LogP contribution in [0.5, 0.6) is 0 Å². The standard InChI is InChI=1S/C21H21N5O3/c1-26(2)17-10-8-16(9-11-17)25-20(27)18-12-23-19(13-22-18)24-15-6-4-14(5-7-15)21(28)29-3/h4-13H,1-3H3,(H,23,24)(H,25,27). The lowest BCUT2D eigenvalue weighted by Gasteiger charge is -2.13. The normalized spacial score (nSPS) is 10.2. The summed E-state index contributed by atoms with van der Waals surface area (Å²) in [7, 11) is 5.24. The fourth-order valence-corrected chi connectivity index (χ4v) is 2.50. The summed E-state index contributed by atoms with van der Waals surface area (Å²) in [6.45, 7) is 0. The van der Waals surface area contributed by atoms with Crippen molar-refractivity contribution in [2.75, 3.05) is 36.7 Å². The monoisotopic (exact) mass is 391 g/mol. The van der Waals surface area contributed by atoms with Gasteiger partial charge in [-0.3, -0.25) is 4.79 Å². The number of benzene rings is 2. The molecule has 3 rings (SSSR count). The Morgan fingerprint density at radius 1 is 0.897 bits per heavy atom. The van der Waals surface area contributed by atoms with Crippen LogP contribution in [0.15, 0.2) is 60.9 Å². The van der Waals surface area contributed by atoms with E-state index < -0.39 is 5.97 Å². The van der Waals surface area contributed by atoms with Gasteiger partial charge in [0.25, 0.3) is 5.91 Å². The Morgan fingerprint density at radius 3 is 2.10 bits per heavy atom. The number of carbonyl (C=O) groups is 2. The van der Waals surface area contributed by atoms with Crippen LogP contribution in [0.25, 0.3) is 0 Å². The molecule has 3 aromatic rings. The van der Waals surface area contributed by atoms with Crippen molar-refractivity contribution < 1.29 is 14.3 Å². The van der Waals surface area contributed by atoms with Crippen molar-refractivity contribution in [1.29, 1.82) is 0 Å². The summed E-state index contributed by atoms with van der Waals surface area (Å²) in [5.74, 6) is -0.269. The van der Waals surface area contributed by atoms with Crippen LogP contribution in [-0.4, -0.2) is 43.0 Å². The van der Waals surface area contributed by atoms with Gasteiger partial charge in [-0.1, -0.05) is 0 Å². The van der Waals surface area contributed by atoms with Crippen LogP contribution in [0.4, 0.5) is 22.9 Å². The predicted molar refractivity (Wildman–Crippen MR) is 112 cm³/mol. The fraction of sp³-hybridized carbons (Fsp3) is 0.143. The first-order valence-electron chi connectivity index (χ1n) is 8.82. The van der Waals surface area contributed by atoms with Gasteiger partial charge in [0.15, 0.2) is 0 Å². The SMILES string of the molecule is COC(=O)c1ccc(Nc2cnc(C(=O)Nc3ccc(N(C)C)cc3)cn2)cc1. The van der Waals surface area contributed by atoms with E-state index in [2.05, 4.69) is 25.3 Å². The average molecular weight is 391 g/mol. The van der Waals surface area contributed by atoms with Crippen LogP contribution in [0, 0.1) is 0 Å². The lowest BCUT2D eigenvalue weighted by molar-refractivity contribution is 0.0600. The Balaban J connectivity index is 1.61. The van der Waals surface area contributed by atoms with Gasteiger partial charge in [-0.15, -0.1) is 0 Å². The average Bonchev–Trinajstić information content (AvgIpc) is 2.74. The highest BCUT2D eigenvalue weighted by Gasteiger charge is 2.09. The van der Waals surface area contributed by atoms with Crippen molar-refractivity contribution in [3.8, 4) is 0 Å². The molecule has 148 valence electrons. The van der Waals surface area contributed by atoms with Gasteiger partial charge in [0, 0.05) is 31.2 Å². The Kier molecular flexibility index (Phi) is 6.03. The molecule has 0 unspecified atom stereocenters. The van der Waals surface area contributed by atoms with Gasteiger partial charge in [0.2, 0.25) is 0 Å². The third-order valence-corrected chi connectivity index (χ3v) is 4.10. The number of anilines is 4. The number of hydrogen-bond donors (Lipinski definition) is 2. The number of methoxy groups -OCH3 is 1. The molecule has 0 saturated heterocycles. The molecule has 1 heterocycles. The minimum Gasteiger partial charge on any atom is -0.465 e. The van der Waals surface area contributed by atoms with E-state index >= 15 is 0 Å². The molecule has 2 aromatic carbocycles. The highest BCUT2D eigenvalue weighted by Crippen LogP contribution is 2.17. The van der Waals surface area contributed by atoms with Gasteiger partial charge in [-0.2, -0.15) is 0 Å². The maximum absolute atomic E-state index is 12.3. The van der Waals surface area contributed by atoms with Crippen molar-refractivity contribution in [3.63, 3.8) is 0 Å². The molecule has 0 aliphatic rings. The molecule has 0 radical (unpaired) electrons. The summed E-state index contributed by atoms with van der Waals surface area (Å²) < 4.78 is 4.67. The van der Waals surface area contributed by atoms with Gasteiger partial charge in [0.05, 0.1) is 25.1 Å². The van der Waals surface area contributed by atoms with E-state index in [0.29, 0.717) is 17.1 Å². The van der Waals surface area contributed by atoms with Gasteiger partial charge in [-0.05, 0) is 48.5 Å². The summed E-state index contributed by atoms with van der Waals surface area (Å²) in [6, 6.07) is 14.2. The minimum absolute atomic E-state index is 0.202. The third-order valence-electron chi connectivity index (χ3n) is 4.10. The zero-order valence-electron chi connectivity index (χ0n) is 16.3. The Hall–Kier alpha value is -3.94. The first-order valence-corrected chi connectivity index (χ1v) is 8.82. The second-order valence-electron chi connectivity index (χ2n) is 6.38. The van der Waals surface area contributed by atoms with E-state index in [4.69, 9.17) is 0 Å². The van der Waals surface area contributed by atoms with Crippen LogP contribution in [0.3, 0.4) is 0 Å². The molecule has 1 aromatic heterocycles. The number of amides is 1. The molecule has 2 N–H and O–H groups in total. The molecule has 8 heteroatoms.